The van der Waals surface area contributed by atoms with E-state index >= 15 is 0 Å². The predicted molar refractivity (Wildman–Crippen MR) is 143 cm³/mol. The molecule has 2 atom stereocenters. The van der Waals surface area contributed by atoms with E-state index in [4.69, 9.17) is 9.72 Å². The second-order valence-corrected chi connectivity index (χ2v) is 19.3. The quantitative estimate of drug-likeness (QED) is 0.176. The predicted octanol–water partition coefficient (Wildman–Crippen LogP) is 6.12. The molecule has 2 unspecified atom stereocenters. The van der Waals surface area contributed by atoms with Crippen molar-refractivity contribution in [3.05, 3.63) is 58.0 Å². The summed E-state index contributed by atoms with van der Waals surface area (Å²) in [7, 11) is -1.18. The number of hydrogen-bond donors (Lipinski definition) is 1. The number of halogens is 3. The minimum absolute atomic E-state index is 0.189. The molecule has 2 heterocycles. The highest BCUT2D eigenvalue weighted by Gasteiger charge is 2.32. The summed E-state index contributed by atoms with van der Waals surface area (Å²) in [6.45, 7) is 13.5. The molecule has 0 spiro atoms. The SMILES string of the molecule is CC(C)(C)[S+]([O-])NC(Cc1cc(F)cc(F)c1)c1nc2ncn(COCC[Si](C)(C)C)c2cc1Br. The van der Waals surface area contributed by atoms with Crippen molar-refractivity contribution >= 4 is 46.5 Å². The van der Waals surface area contributed by atoms with E-state index < -0.39 is 41.9 Å². The molecule has 35 heavy (non-hydrogen) atoms. The summed E-state index contributed by atoms with van der Waals surface area (Å²) in [5.41, 5.74) is 2.29. The fourth-order valence-electron chi connectivity index (χ4n) is 3.33. The first kappa shape index (κ1) is 28.2. The van der Waals surface area contributed by atoms with E-state index in [1.54, 1.807) is 6.33 Å². The Balaban J connectivity index is 1.90. The van der Waals surface area contributed by atoms with E-state index in [9.17, 15) is 13.3 Å². The Hall–Kier alpha value is -1.37. The lowest BCUT2D eigenvalue weighted by molar-refractivity contribution is 0.0898. The standard InChI is InChI=1S/C24H33BrF2N4O2SSi/c1-24(2,3)34(32)30-20(11-16-9-17(26)12-18(27)10-16)22-19(25)13-21-23(29-22)28-14-31(21)15-33-7-8-35(4,5)6/h9-10,12-14,20,30H,7-8,11,15H2,1-6H3. The third-order valence-corrected chi connectivity index (χ3v) is 9.27. The van der Waals surface area contributed by atoms with Crippen LogP contribution in [-0.4, -0.2) is 38.5 Å². The first-order valence-corrected chi connectivity index (χ1v) is 17.1. The molecule has 1 N–H and O–H groups in total. The van der Waals surface area contributed by atoms with E-state index in [0.29, 0.717) is 34.7 Å². The summed E-state index contributed by atoms with van der Waals surface area (Å²) >= 11 is 2.16. The fraction of sp³-hybridized carbons (Fsp3) is 0.500. The molecule has 0 saturated heterocycles. The molecule has 0 aliphatic heterocycles. The van der Waals surface area contributed by atoms with E-state index in [1.165, 1.54) is 12.1 Å². The molecule has 0 bridgehead atoms. The molecule has 0 radical (unpaired) electrons. The molecule has 0 saturated carbocycles. The van der Waals surface area contributed by atoms with Gasteiger partial charge in [-0.15, -0.1) is 4.72 Å². The molecule has 0 fully saturated rings. The van der Waals surface area contributed by atoms with Crippen LogP contribution in [-0.2, 0) is 29.3 Å². The molecule has 3 aromatic rings. The van der Waals surface area contributed by atoms with E-state index in [-0.39, 0.29) is 6.42 Å². The molecular formula is C24H33BrF2N4O2SSi. The van der Waals surface area contributed by atoms with Crippen molar-refractivity contribution in [1.29, 1.82) is 0 Å². The second-order valence-electron chi connectivity index (χ2n) is 10.8. The van der Waals surface area contributed by atoms with Crippen LogP contribution in [0.25, 0.3) is 11.2 Å². The summed E-state index contributed by atoms with van der Waals surface area (Å²) in [6, 6.07) is 5.77. The van der Waals surface area contributed by atoms with Gasteiger partial charge in [0, 0.05) is 36.6 Å². The Kier molecular flexibility index (Phi) is 9.14. The van der Waals surface area contributed by atoms with Gasteiger partial charge in [0.15, 0.2) is 5.65 Å². The van der Waals surface area contributed by atoms with Crippen molar-refractivity contribution < 1.29 is 18.1 Å². The van der Waals surface area contributed by atoms with E-state index in [2.05, 4.69) is 45.3 Å². The maximum atomic E-state index is 13.8. The number of imidazole rings is 1. The molecule has 11 heteroatoms. The normalized spacial score (nSPS) is 14.5. The number of ether oxygens (including phenoxy) is 1. The first-order valence-electron chi connectivity index (χ1n) is 11.4. The summed E-state index contributed by atoms with van der Waals surface area (Å²) in [4.78, 5) is 9.16. The molecule has 192 valence electrons. The van der Waals surface area contributed by atoms with Crippen LogP contribution in [0.4, 0.5) is 8.78 Å². The second kappa shape index (κ2) is 11.3. The lowest BCUT2D eigenvalue weighted by atomic mass is 10.0. The number of aromatic nitrogens is 3. The van der Waals surface area contributed by atoms with Crippen LogP contribution in [0.1, 0.15) is 38.1 Å². The highest BCUT2D eigenvalue weighted by molar-refractivity contribution is 9.10. The number of pyridine rings is 1. The van der Waals surface area contributed by atoms with Gasteiger partial charge in [-0.25, -0.2) is 18.7 Å². The first-order chi connectivity index (χ1) is 16.2. The van der Waals surface area contributed by atoms with Crippen LogP contribution in [0.2, 0.25) is 25.7 Å². The van der Waals surface area contributed by atoms with Crippen LogP contribution in [0.3, 0.4) is 0 Å². The summed E-state index contributed by atoms with van der Waals surface area (Å²) < 4.78 is 51.6. The maximum Gasteiger partial charge on any atom is 0.178 e. The molecule has 3 rings (SSSR count). The van der Waals surface area contributed by atoms with Crippen LogP contribution in [0, 0.1) is 11.6 Å². The Bertz CT molecular complexity index is 1150. The smallest absolute Gasteiger partial charge is 0.178 e. The number of nitrogens with zero attached hydrogens (tertiary/aromatic N) is 3. The van der Waals surface area contributed by atoms with Gasteiger partial charge in [-0.1, -0.05) is 19.6 Å². The largest absolute Gasteiger partial charge is 0.598 e. The Morgan fingerprint density at radius 1 is 1.17 bits per heavy atom. The lowest BCUT2D eigenvalue weighted by Crippen LogP contribution is -2.42. The van der Waals surface area contributed by atoms with E-state index in [0.717, 1.165) is 17.6 Å². The number of nitrogens with one attached hydrogen (secondary N) is 1. The Labute approximate surface area is 218 Å². The van der Waals surface area contributed by atoms with Gasteiger partial charge < -0.3 is 13.9 Å². The minimum Gasteiger partial charge on any atom is -0.598 e. The fourth-order valence-corrected chi connectivity index (χ4v) is 5.47. The molecule has 0 aliphatic rings. The zero-order chi connectivity index (χ0) is 26.0. The molecule has 2 aromatic heterocycles. The number of fused-ring (bicyclic) bond motifs is 1. The third kappa shape index (κ3) is 8.06. The van der Waals surface area contributed by atoms with Crippen molar-refractivity contribution in [1.82, 2.24) is 19.3 Å². The van der Waals surface area contributed by atoms with Gasteiger partial charge >= 0.3 is 0 Å². The average molecular weight is 588 g/mol. The van der Waals surface area contributed by atoms with Gasteiger partial charge in [0.25, 0.3) is 0 Å². The minimum atomic E-state index is -1.44. The van der Waals surface area contributed by atoms with Gasteiger partial charge in [0.05, 0.1) is 23.6 Å². The lowest BCUT2D eigenvalue weighted by Gasteiger charge is -2.28. The van der Waals surface area contributed by atoms with Crippen LogP contribution in [0.15, 0.2) is 35.1 Å². The topological polar surface area (TPSA) is 75.0 Å². The average Bonchev–Trinajstić information content (AvgIpc) is 3.09. The van der Waals surface area contributed by atoms with Gasteiger partial charge in [-0.3, -0.25) is 0 Å². The third-order valence-electron chi connectivity index (χ3n) is 5.32. The van der Waals surface area contributed by atoms with Crippen molar-refractivity contribution in [3.63, 3.8) is 0 Å². The molecular weight excluding hydrogens is 554 g/mol. The summed E-state index contributed by atoms with van der Waals surface area (Å²) in [6.07, 6.45) is 1.87. The molecule has 0 amide bonds. The van der Waals surface area contributed by atoms with Crippen molar-refractivity contribution in [2.75, 3.05) is 6.61 Å². The number of rotatable bonds is 10. The van der Waals surface area contributed by atoms with Gasteiger partial charge in [0.1, 0.15) is 23.1 Å². The monoisotopic (exact) mass is 586 g/mol. The maximum absolute atomic E-state index is 13.8. The van der Waals surface area contributed by atoms with Crippen molar-refractivity contribution in [2.24, 2.45) is 0 Å². The zero-order valence-electron chi connectivity index (χ0n) is 21.0. The van der Waals surface area contributed by atoms with E-state index in [1.807, 2.05) is 31.4 Å². The molecule has 6 nitrogen and oxygen atoms in total. The number of benzene rings is 1. The summed E-state index contributed by atoms with van der Waals surface area (Å²) in [5.74, 6) is -1.32. The van der Waals surface area contributed by atoms with Crippen LogP contribution in [0.5, 0.6) is 0 Å². The zero-order valence-corrected chi connectivity index (χ0v) is 24.4. The molecule has 1 aromatic carbocycles. The summed E-state index contributed by atoms with van der Waals surface area (Å²) in [5, 5.41) is 0. The number of hydrogen-bond acceptors (Lipinski definition) is 5. The highest BCUT2D eigenvalue weighted by atomic mass is 79.9. The highest BCUT2D eigenvalue weighted by Crippen LogP contribution is 2.30. The van der Waals surface area contributed by atoms with Crippen LogP contribution >= 0.6 is 15.9 Å². The van der Waals surface area contributed by atoms with Gasteiger partial charge in [0.2, 0.25) is 0 Å². The van der Waals surface area contributed by atoms with Crippen LogP contribution < -0.4 is 4.72 Å². The van der Waals surface area contributed by atoms with Gasteiger partial charge in [-0.2, -0.15) is 0 Å². The van der Waals surface area contributed by atoms with Crippen molar-refractivity contribution in [2.45, 2.75) is 70.4 Å². The Morgan fingerprint density at radius 3 is 2.43 bits per heavy atom. The Morgan fingerprint density at radius 2 is 1.83 bits per heavy atom. The van der Waals surface area contributed by atoms with Crippen molar-refractivity contribution in [3.8, 4) is 0 Å². The van der Waals surface area contributed by atoms with Gasteiger partial charge in [-0.05, 0) is 72.9 Å². The molecule has 0 aliphatic carbocycles.